The fraction of sp³-hybridized carbons (Fsp3) is 0.250. The second kappa shape index (κ2) is 11.4. The third kappa shape index (κ3) is 6.04. The summed E-state index contributed by atoms with van der Waals surface area (Å²) in [6, 6.07) is 8.72. The number of benzene rings is 2. The summed E-state index contributed by atoms with van der Waals surface area (Å²) in [5.74, 6) is -1.52. The van der Waals surface area contributed by atoms with Crippen LogP contribution in [0.4, 0.5) is 4.79 Å². The van der Waals surface area contributed by atoms with E-state index in [1.807, 2.05) is 0 Å². The largest absolute Gasteiger partial charge is 0.490 e. The molecule has 11 heteroatoms. The number of amides is 2. The highest BCUT2D eigenvalue weighted by Crippen LogP contribution is 2.40. The number of carbonyl (C=O) groups excluding carboxylic acids is 3. The number of imide groups is 1. The Kier molecular flexibility index (Phi) is 8.57. The van der Waals surface area contributed by atoms with Crippen molar-refractivity contribution in [1.29, 1.82) is 0 Å². The van der Waals surface area contributed by atoms with Gasteiger partial charge in [-0.25, -0.2) is 9.59 Å². The molecule has 0 bridgehead atoms. The minimum Gasteiger partial charge on any atom is -0.490 e. The third-order valence-electron chi connectivity index (χ3n) is 4.94. The van der Waals surface area contributed by atoms with Gasteiger partial charge in [0, 0.05) is 0 Å². The van der Waals surface area contributed by atoms with E-state index in [4.69, 9.17) is 9.47 Å². The van der Waals surface area contributed by atoms with Gasteiger partial charge in [0.2, 0.25) is 0 Å². The molecule has 2 amide bonds. The van der Waals surface area contributed by atoms with Crippen LogP contribution < -0.4 is 9.47 Å². The molecule has 1 N–H and O–H groups in total. The van der Waals surface area contributed by atoms with E-state index < -0.39 is 29.1 Å². The van der Waals surface area contributed by atoms with Crippen molar-refractivity contribution in [1.82, 2.24) is 4.90 Å². The first-order valence-electron chi connectivity index (χ1n) is 10.4. The molecule has 1 aliphatic heterocycles. The monoisotopic (exact) mass is 563 g/mol. The summed E-state index contributed by atoms with van der Waals surface area (Å²) >= 11 is 4.19. The Morgan fingerprint density at radius 2 is 1.94 bits per heavy atom. The van der Waals surface area contributed by atoms with Gasteiger partial charge >= 0.3 is 11.9 Å². The number of hydrogen-bond donors (Lipinski definition) is 1. The molecule has 0 saturated carbocycles. The maximum Gasteiger partial charge on any atom is 0.335 e. The smallest absolute Gasteiger partial charge is 0.335 e. The van der Waals surface area contributed by atoms with E-state index in [0.29, 0.717) is 33.7 Å². The lowest BCUT2D eigenvalue weighted by molar-refractivity contribution is -0.148. The van der Waals surface area contributed by atoms with Gasteiger partial charge in [0.1, 0.15) is 12.6 Å². The Morgan fingerprint density at radius 3 is 2.60 bits per heavy atom. The Labute approximate surface area is 214 Å². The van der Waals surface area contributed by atoms with E-state index in [9.17, 15) is 24.3 Å². The highest BCUT2D eigenvalue weighted by Gasteiger charge is 2.41. The average Bonchev–Trinajstić information content (AvgIpc) is 3.10. The summed E-state index contributed by atoms with van der Waals surface area (Å²) < 4.78 is 16.8. The van der Waals surface area contributed by atoms with Crippen LogP contribution in [0, 0.1) is 0 Å². The van der Waals surface area contributed by atoms with Gasteiger partial charge in [0.25, 0.3) is 11.1 Å². The highest BCUT2D eigenvalue weighted by atomic mass is 79.9. The molecule has 0 aliphatic carbocycles. The van der Waals surface area contributed by atoms with Crippen molar-refractivity contribution >= 4 is 56.9 Å². The molecular formula is C24H22BrNO8S. The lowest BCUT2D eigenvalue weighted by Crippen LogP contribution is -2.42. The van der Waals surface area contributed by atoms with Gasteiger partial charge in [0.15, 0.2) is 11.5 Å². The lowest BCUT2D eigenvalue weighted by atomic mass is 10.1. The summed E-state index contributed by atoms with van der Waals surface area (Å²) in [6.07, 6.45) is 1.53. The molecule has 3 rings (SSSR count). The first-order valence-corrected chi connectivity index (χ1v) is 12.0. The van der Waals surface area contributed by atoms with Crippen LogP contribution >= 0.6 is 27.7 Å². The fourth-order valence-corrected chi connectivity index (χ4v) is 4.75. The lowest BCUT2D eigenvalue weighted by Gasteiger charge is -2.18. The van der Waals surface area contributed by atoms with E-state index in [1.54, 1.807) is 31.2 Å². The van der Waals surface area contributed by atoms with Crippen molar-refractivity contribution in [2.45, 2.75) is 26.5 Å². The van der Waals surface area contributed by atoms with E-state index in [0.717, 1.165) is 16.7 Å². The first kappa shape index (κ1) is 26.3. The van der Waals surface area contributed by atoms with Gasteiger partial charge in [0.05, 0.1) is 28.7 Å². The Bertz CT molecular complexity index is 1210. The normalized spacial score (nSPS) is 15.3. The van der Waals surface area contributed by atoms with Crippen LogP contribution in [0.3, 0.4) is 0 Å². The van der Waals surface area contributed by atoms with Gasteiger partial charge in [-0.3, -0.25) is 14.5 Å². The summed E-state index contributed by atoms with van der Waals surface area (Å²) in [6.45, 7) is 3.67. The molecular weight excluding hydrogens is 542 g/mol. The topological polar surface area (TPSA) is 119 Å². The van der Waals surface area contributed by atoms with E-state index in [-0.39, 0.29) is 17.1 Å². The zero-order valence-corrected chi connectivity index (χ0v) is 21.5. The molecule has 184 valence electrons. The number of carboxylic acid groups (broad SMARTS) is 1. The molecule has 35 heavy (non-hydrogen) atoms. The maximum atomic E-state index is 12.8. The second-order valence-electron chi connectivity index (χ2n) is 7.31. The molecule has 1 atom stereocenters. The molecule has 1 aliphatic rings. The summed E-state index contributed by atoms with van der Waals surface area (Å²) in [5, 5.41) is 8.61. The number of esters is 1. The number of thioether (sulfide) groups is 1. The molecule has 0 spiro atoms. The van der Waals surface area contributed by atoms with Crippen molar-refractivity contribution in [3.63, 3.8) is 0 Å². The molecule has 9 nitrogen and oxygen atoms in total. The molecule has 2 aromatic carbocycles. The van der Waals surface area contributed by atoms with Crippen LogP contribution in [0.1, 0.15) is 35.3 Å². The van der Waals surface area contributed by atoms with Crippen molar-refractivity contribution in [3.05, 3.63) is 62.5 Å². The minimum atomic E-state index is -1.04. The van der Waals surface area contributed by atoms with Gasteiger partial charge < -0.3 is 19.3 Å². The Morgan fingerprint density at radius 1 is 1.20 bits per heavy atom. The number of nitrogens with zero attached hydrogens (tertiary/aromatic N) is 1. The van der Waals surface area contributed by atoms with Crippen LogP contribution in [0.25, 0.3) is 6.08 Å². The van der Waals surface area contributed by atoms with Crippen LogP contribution in [0.5, 0.6) is 11.5 Å². The molecule has 1 fully saturated rings. The SMILES string of the molecule is CCOc1cc(/C=C2/SC(=O)N([C@@H](C)C(=O)OC)C2=O)cc(Br)c1OCc1cccc(C(=O)O)c1. The number of carboxylic acids is 1. The average molecular weight is 564 g/mol. The van der Waals surface area contributed by atoms with E-state index >= 15 is 0 Å². The first-order chi connectivity index (χ1) is 16.7. The maximum absolute atomic E-state index is 12.8. The zero-order chi connectivity index (χ0) is 25.7. The number of halogens is 1. The van der Waals surface area contributed by atoms with Gasteiger partial charge in [-0.15, -0.1) is 0 Å². The van der Waals surface area contributed by atoms with Crippen LogP contribution in [0.15, 0.2) is 45.8 Å². The van der Waals surface area contributed by atoms with Crippen molar-refractivity contribution in [3.8, 4) is 11.5 Å². The van der Waals surface area contributed by atoms with Crippen molar-refractivity contribution < 1.29 is 38.5 Å². The Hall–Kier alpha value is -3.31. The number of hydrogen-bond acceptors (Lipinski definition) is 8. The molecule has 2 aromatic rings. The number of carbonyl (C=O) groups is 4. The summed E-state index contributed by atoms with van der Waals surface area (Å²) in [7, 11) is 1.19. The highest BCUT2D eigenvalue weighted by molar-refractivity contribution is 9.10. The predicted molar refractivity (Wildman–Crippen MR) is 132 cm³/mol. The van der Waals surface area contributed by atoms with Crippen LogP contribution in [-0.2, 0) is 20.9 Å². The van der Waals surface area contributed by atoms with Crippen molar-refractivity contribution in [2.24, 2.45) is 0 Å². The molecule has 1 heterocycles. The van der Waals surface area contributed by atoms with E-state index in [1.165, 1.54) is 32.2 Å². The summed E-state index contributed by atoms with van der Waals surface area (Å²) in [5.41, 5.74) is 1.38. The number of ether oxygens (including phenoxy) is 3. The minimum absolute atomic E-state index is 0.101. The van der Waals surface area contributed by atoms with Crippen LogP contribution in [0.2, 0.25) is 0 Å². The van der Waals surface area contributed by atoms with Crippen molar-refractivity contribution in [2.75, 3.05) is 13.7 Å². The fourth-order valence-electron chi connectivity index (χ4n) is 3.26. The quantitative estimate of drug-likeness (QED) is 0.341. The number of methoxy groups -OCH3 is 1. The van der Waals surface area contributed by atoms with Gasteiger partial charge in [-0.1, -0.05) is 12.1 Å². The zero-order valence-electron chi connectivity index (χ0n) is 19.1. The molecule has 0 aromatic heterocycles. The predicted octanol–water partition coefficient (Wildman–Crippen LogP) is 4.72. The number of aromatic carboxylic acids is 1. The van der Waals surface area contributed by atoms with Gasteiger partial charge in [-0.2, -0.15) is 0 Å². The number of rotatable bonds is 9. The molecule has 1 saturated heterocycles. The van der Waals surface area contributed by atoms with Crippen LogP contribution in [-0.4, -0.2) is 52.8 Å². The van der Waals surface area contributed by atoms with E-state index in [2.05, 4.69) is 20.7 Å². The molecule has 0 radical (unpaired) electrons. The third-order valence-corrected chi connectivity index (χ3v) is 6.41. The van der Waals surface area contributed by atoms with Gasteiger partial charge in [-0.05, 0) is 83.0 Å². The summed E-state index contributed by atoms with van der Waals surface area (Å²) in [4.78, 5) is 49.2. The second-order valence-corrected chi connectivity index (χ2v) is 9.16. The standard InChI is InChI=1S/C24H22BrNO8S/c1-4-33-18-10-15(11-19-21(27)26(24(31)35-19)13(2)23(30)32-3)9-17(25)20(18)34-12-14-6-5-7-16(8-14)22(28)29/h5-11,13H,4,12H2,1-3H3,(H,28,29)/b19-11+/t13-/m0/s1. The molecule has 0 unspecified atom stereocenters. The Balaban J connectivity index is 1.86.